The van der Waals surface area contributed by atoms with Crippen LogP contribution in [0.25, 0.3) is 22.2 Å². The predicted octanol–water partition coefficient (Wildman–Crippen LogP) is 4.04. The first-order valence-electron chi connectivity index (χ1n) is 11.6. The number of rotatable bonds is 6. The van der Waals surface area contributed by atoms with Crippen LogP contribution in [0.1, 0.15) is 40.5 Å². The van der Waals surface area contributed by atoms with Gasteiger partial charge in [0.2, 0.25) is 0 Å². The number of ether oxygens (including phenoxy) is 1. The number of carbonyl (C=O) groups is 1. The summed E-state index contributed by atoms with van der Waals surface area (Å²) < 4.78 is 5.30. The Labute approximate surface area is 201 Å². The Bertz CT molecular complexity index is 1170. The molecule has 3 aromatic rings. The lowest BCUT2D eigenvalue weighted by Gasteiger charge is -2.49. The lowest BCUT2D eigenvalue weighted by molar-refractivity contribution is -0.120. The molecule has 1 fully saturated rings. The maximum Gasteiger partial charge on any atom is 0.298 e. The normalized spacial score (nSPS) is 17.4. The first-order chi connectivity index (χ1) is 16.0. The minimum Gasteiger partial charge on any atom is -0.428 e. The van der Waals surface area contributed by atoms with Crippen molar-refractivity contribution in [3.63, 3.8) is 0 Å². The summed E-state index contributed by atoms with van der Waals surface area (Å²) in [6.45, 7) is 9.41. The summed E-state index contributed by atoms with van der Waals surface area (Å²) in [7, 11) is 6.05. The molecule has 0 saturated carbocycles. The number of piperidine rings is 1. The topological polar surface area (TPSA) is 83.5 Å². The summed E-state index contributed by atoms with van der Waals surface area (Å²) in [5.41, 5.74) is 3.17. The molecule has 3 heterocycles. The Hall–Kier alpha value is -3.26. The molecule has 1 saturated heterocycles. The van der Waals surface area contributed by atoms with Crippen molar-refractivity contribution in [2.24, 2.45) is 0 Å². The van der Waals surface area contributed by atoms with Gasteiger partial charge in [0.15, 0.2) is 5.82 Å². The van der Waals surface area contributed by atoms with E-state index in [0.717, 1.165) is 35.2 Å². The van der Waals surface area contributed by atoms with E-state index in [1.54, 1.807) is 12.3 Å². The van der Waals surface area contributed by atoms with Gasteiger partial charge in [0.05, 0.1) is 11.2 Å². The molecule has 8 heteroatoms. The third-order valence-corrected chi connectivity index (χ3v) is 6.48. The quantitative estimate of drug-likeness (QED) is 0.550. The number of benzene rings is 1. The molecule has 0 aliphatic carbocycles. The van der Waals surface area contributed by atoms with Crippen molar-refractivity contribution in [2.75, 3.05) is 30.9 Å². The molecule has 34 heavy (non-hydrogen) atoms. The van der Waals surface area contributed by atoms with Crippen molar-refractivity contribution in [3.8, 4) is 17.0 Å². The van der Waals surface area contributed by atoms with Gasteiger partial charge >= 0.3 is 0 Å². The van der Waals surface area contributed by atoms with E-state index in [9.17, 15) is 4.79 Å². The van der Waals surface area contributed by atoms with E-state index in [4.69, 9.17) is 4.74 Å². The fourth-order valence-corrected chi connectivity index (χ4v) is 5.28. The maximum absolute atomic E-state index is 11.2. The minimum atomic E-state index is 0.0401. The molecule has 1 aromatic carbocycles. The van der Waals surface area contributed by atoms with Crippen LogP contribution in [0, 0.1) is 0 Å². The molecule has 1 aliphatic rings. The third kappa shape index (κ3) is 4.82. The fourth-order valence-electron chi connectivity index (χ4n) is 5.28. The SMILES string of the molecule is CN(C)c1ccnc2cc(OC=O)c(-c3ccc(N(C)C4CC(C)(C)NC(C)(C)C4)nn3)cc12. The number of hydrogen-bond donors (Lipinski definition) is 1. The van der Waals surface area contributed by atoms with E-state index < -0.39 is 0 Å². The summed E-state index contributed by atoms with van der Waals surface area (Å²) in [5.74, 6) is 1.22. The molecule has 0 bridgehead atoms. The number of nitrogens with one attached hydrogen (secondary N) is 1. The Balaban J connectivity index is 1.69. The average molecular weight is 463 g/mol. The molecular formula is C26H34N6O2. The van der Waals surface area contributed by atoms with E-state index in [0.29, 0.717) is 29.5 Å². The molecule has 1 aliphatic heterocycles. The van der Waals surface area contributed by atoms with Gasteiger partial charge in [0.1, 0.15) is 5.75 Å². The van der Waals surface area contributed by atoms with Gasteiger partial charge in [-0.05, 0) is 64.8 Å². The third-order valence-electron chi connectivity index (χ3n) is 6.48. The highest BCUT2D eigenvalue weighted by molar-refractivity contribution is 5.96. The molecule has 8 nitrogen and oxygen atoms in total. The zero-order valence-corrected chi connectivity index (χ0v) is 21.1. The Morgan fingerprint density at radius 1 is 1.03 bits per heavy atom. The Morgan fingerprint density at radius 2 is 1.74 bits per heavy atom. The van der Waals surface area contributed by atoms with Crippen molar-refractivity contribution < 1.29 is 9.53 Å². The van der Waals surface area contributed by atoms with Gasteiger partial charge in [0.25, 0.3) is 6.47 Å². The van der Waals surface area contributed by atoms with Gasteiger partial charge in [-0.1, -0.05) is 0 Å². The fraction of sp³-hybridized carbons (Fsp3) is 0.462. The van der Waals surface area contributed by atoms with Crippen molar-refractivity contribution in [1.82, 2.24) is 20.5 Å². The van der Waals surface area contributed by atoms with Crippen molar-refractivity contribution in [1.29, 1.82) is 0 Å². The first kappa shape index (κ1) is 23.9. The Morgan fingerprint density at radius 3 is 2.32 bits per heavy atom. The van der Waals surface area contributed by atoms with Crippen LogP contribution in [-0.2, 0) is 4.79 Å². The highest BCUT2D eigenvalue weighted by atomic mass is 16.5. The van der Waals surface area contributed by atoms with E-state index in [2.05, 4.69) is 60.1 Å². The van der Waals surface area contributed by atoms with Crippen molar-refractivity contribution in [3.05, 3.63) is 36.5 Å². The largest absolute Gasteiger partial charge is 0.428 e. The summed E-state index contributed by atoms with van der Waals surface area (Å²) >= 11 is 0. The molecule has 4 rings (SSSR count). The minimum absolute atomic E-state index is 0.0401. The number of fused-ring (bicyclic) bond motifs is 1. The van der Waals surface area contributed by atoms with E-state index in [1.165, 1.54) is 0 Å². The monoisotopic (exact) mass is 462 g/mol. The summed E-state index contributed by atoms with van der Waals surface area (Å²) in [6.07, 6.45) is 3.77. The summed E-state index contributed by atoms with van der Waals surface area (Å²) in [6, 6.07) is 9.94. The smallest absolute Gasteiger partial charge is 0.298 e. The number of nitrogens with zero attached hydrogens (tertiary/aromatic N) is 5. The van der Waals surface area contributed by atoms with Gasteiger partial charge in [-0.2, -0.15) is 0 Å². The van der Waals surface area contributed by atoms with Crippen LogP contribution in [0.15, 0.2) is 36.5 Å². The van der Waals surface area contributed by atoms with Gasteiger partial charge in [-0.3, -0.25) is 9.78 Å². The Kier molecular flexibility index (Phi) is 6.20. The van der Waals surface area contributed by atoms with Crippen LogP contribution in [0.4, 0.5) is 11.5 Å². The van der Waals surface area contributed by atoms with Crippen LogP contribution >= 0.6 is 0 Å². The number of aromatic nitrogens is 3. The molecule has 1 N–H and O–H groups in total. The first-order valence-corrected chi connectivity index (χ1v) is 11.6. The highest BCUT2D eigenvalue weighted by Crippen LogP contribution is 2.37. The zero-order valence-electron chi connectivity index (χ0n) is 21.1. The van der Waals surface area contributed by atoms with E-state index in [1.807, 2.05) is 43.3 Å². The second kappa shape index (κ2) is 8.83. The molecule has 2 aromatic heterocycles. The lowest BCUT2D eigenvalue weighted by atomic mass is 9.79. The molecule has 0 amide bonds. The van der Waals surface area contributed by atoms with Gasteiger partial charge in [-0.25, -0.2) is 0 Å². The van der Waals surface area contributed by atoms with Crippen LogP contribution in [-0.4, -0.2) is 59.9 Å². The molecule has 0 atom stereocenters. The van der Waals surface area contributed by atoms with Gasteiger partial charge in [0, 0.05) is 67.2 Å². The molecule has 0 radical (unpaired) electrons. The van der Waals surface area contributed by atoms with Gasteiger partial charge in [-0.15, -0.1) is 10.2 Å². The van der Waals surface area contributed by atoms with Crippen LogP contribution in [0.2, 0.25) is 0 Å². The second-order valence-corrected chi connectivity index (χ2v) is 10.6. The number of hydrogen-bond acceptors (Lipinski definition) is 8. The highest BCUT2D eigenvalue weighted by Gasteiger charge is 2.39. The van der Waals surface area contributed by atoms with Gasteiger partial charge < -0.3 is 19.9 Å². The predicted molar refractivity (Wildman–Crippen MR) is 137 cm³/mol. The van der Waals surface area contributed by atoms with E-state index in [-0.39, 0.29) is 11.1 Å². The molecule has 0 spiro atoms. The number of pyridine rings is 1. The molecule has 0 unspecified atom stereocenters. The van der Waals surface area contributed by atoms with Crippen LogP contribution < -0.4 is 19.9 Å². The number of carbonyl (C=O) groups excluding carboxylic acids is 1. The number of anilines is 2. The maximum atomic E-state index is 11.2. The molecule has 180 valence electrons. The van der Waals surface area contributed by atoms with Crippen molar-refractivity contribution >= 4 is 28.9 Å². The van der Waals surface area contributed by atoms with Crippen molar-refractivity contribution in [2.45, 2.75) is 57.7 Å². The van der Waals surface area contributed by atoms with Crippen LogP contribution in [0.3, 0.4) is 0 Å². The van der Waals surface area contributed by atoms with E-state index >= 15 is 0 Å². The molecular weight excluding hydrogens is 428 g/mol. The average Bonchev–Trinajstić information content (AvgIpc) is 2.76. The standard InChI is InChI=1S/C26H34N6O2/c1-25(2)14-17(15-26(3,4)30-25)32(7)24-9-8-20(28-29-24)19-12-18-21(13-23(19)34-16-33)27-11-10-22(18)31(5)6/h8-13,16-17,30H,14-15H2,1-7H3. The zero-order chi connectivity index (χ0) is 24.7. The summed E-state index contributed by atoms with van der Waals surface area (Å²) in [4.78, 5) is 19.9. The van der Waals surface area contributed by atoms with Crippen LogP contribution in [0.5, 0.6) is 5.75 Å². The summed E-state index contributed by atoms with van der Waals surface area (Å²) in [5, 5.41) is 13.8. The lowest BCUT2D eigenvalue weighted by Crippen LogP contribution is -2.62. The second-order valence-electron chi connectivity index (χ2n) is 10.6.